The SMILES string of the molecule is COc1ccc(C2c3ccccc3CCN2S(=O)(=O)NC(C)C)cc1. The number of nitrogens with one attached hydrogen (secondary N) is 1. The highest BCUT2D eigenvalue weighted by Crippen LogP contribution is 2.37. The fourth-order valence-electron chi connectivity index (χ4n) is 3.30. The van der Waals surface area contributed by atoms with Crippen molar-refractivity contribution in [3.63, 3.8) is 0 Å². The topological polar surface area (TPSA) is 58.6 Å². The highest BCUT2D eigenvalue weighted by atomic mass is 32.2. The zero-order valence-corrected chi connectivity index (χ0v) is 15.6. The van der Waals surface area contributed by atoms with E-state index in [1.165, 1.54) is 5.56 Å². The Morgan fingerprint density at radius 1 is 1.12 bits per heavy atom. The van der Waals surface area contributed by atoms with Crippen LogP contribution in [0.15, 0.2) is 48.5 Å². The van der Waals surface area contributed by atoms with Gasteiger partial charge in [-0.15, -0.1) is 0 Å². The van der Waals surface area contributed by atoms with Crippen LogP contribution >= 0.6 is 0 Å². The maximum Gasteiger partial charge on any atom is 0.280 e. The summed E-state index contributed by atoms with van der Waals surface area (Å²) in [4.78, 5) is 0. The second kappa shape index (κ2) is 7.15. The van der Waals surface area contributed by atoms with E-state index < -0.39 is 10.2 Å². The first-order valence-corrected chi connectivity index (χ1v) is 9.87. The Hall–Kier alpha value is -1.89. The largest absolute Gasteiger partial charge is 0.497 e. The summed E-state index contributed by atoms with van der Waals surface area (Å²) >= 11 is 0. The van der Waals surface area contributed by atoms with E-state index in [0.29, 0.717) is 13.0 Å². The molecule has 1 unspecified atom stereocenters. The van der Waals surface area contributed by atoms with Gasteiger partial charge in [0.05, 0.1) is 13.2 Å². The first-order chi connectivity index (χ1) is 11.9. The van der Waals surface area contributed by atoms with E-state index in [4.69, 9.17) is 4.74 Å². The van der Waals surface area contributed by atoms with Crippen molar-refractivity contribution in [2.24, 2.45) is 0 Å². The lowest BCUT2D eigenvalue weighted by atomic mass is 9.90. The zero-order chi connectivity index (χ0) is 18.0. The second-order valence-electron chi connectivity index (χ2n) is 6.51. The van der Waals surface area contributed by atoms with Crippen LogP contribution in [-0.2, 0) is 16.6 Å². The average Bonchev–Trinajstić information content (AvgIpc) is 2.59. The van der Waals surface area contributed by atoms with Crippen LogP contribution < -0.4 is 9.46 Å². The Balaban J connectivity index is 2.08. The molecule has 1 heterocycles. The summed E-state index contributed by atoms with van der Waals surface area (Å²) in [7, 11) is -1.97. The minimum absolute atomic E-state index is 0.154. The molecule has 2 aromatic carbocycles. The van der Waals surface area contributed by atoms with E-state index in [1.54, 1.807) is 11.4 Å². The van der Waals surface area contributed by atoms with Gasteiger partial charge in [-0.3, -0.25) is 0 Å². The van der Waals surface area contributed by atoms with Gasteiger partial charge in [0.1, 0.15) is 5.75 Å². The third-order valence-corrected chi connectivity index (χ3v) is 6.14. The van der Waals surface area contributed by atoms with Crippen LogP contribution in [0.3, 0.4) is 0 Å². The second-order valence-corrected chi connectivity index (χ2v) is 8.17. The lowest BCUT2D eigenvalue weighted by molar-refractivity contribution is 0.336. The Labute approximate surface area is 149 Å². The molecule has 134 valence electrons. The van der Waals surface area contributed by atoms with E-state index in [0.717, 1.165) is 16.9 Å². The molecule has 2 aromatic rings. The van der Waals surface area contributed by atoms with Crippen molar-refractivity contribution < 1.29 is 13.2 Å². The van der Waals surface area contributed by atoms with Crippen molar-refractivity contribution in [3.8, 4) is 5.75 Å². The summed E-state index contributed by atoms with van der Waals surface area (Å²) in [6, 6.07) is 15.2. The van der Waals surface area contributed by atoms with Crippen LogP contribution in [0.1, 0.15) is 36.6 Å². The van der Waals surface area contributed by atoms with Gasteiger partial charge in [-0.05, 0) is 49.1 Å². The molecule has 0 bridgehead atoms. The average molecular weight is 360 g/mol. The van der Waals surface area contributed by atoms with Crippen LogP contribution in [0.4, 0.5) is 0 Å². The molecule has 1 aliphatic rings. The molecule has 3 rings (SSSR count). The molecular formula is C19H24N2O3S. The molecule has 1 atom stereocenters. The molecule has 6 heteroatoms. The number of rotatable bonds is 5. The fourth-order valence-corrected chi connectivity index (χ4v) is 4.88. The minimum atomic E-state index is -3.59. The van der Waals surface area contributed by atoms with Gasteiger partial charge < -0.3 is 4.74 Å². The van der Waals surface area contributed by atoms with Crippen molar-refractivity contribution in [1.82, 2.24) is 9.03 Å². The van der Waals surface area contributed by atoms with Crippen LogP contribution in [0.2, 0.25) is 0 Å². The first-order valence-electron chi connectivity index (χ1n) is 8.43. The Morgan fingerprint density at radius 3 is 2.44 bits per heavy atom. The lowest BCUT2D eigenvalue weighted by Crippen LogP contribution is -2.48. The van der Waals surface area contributed by atoms with Gasteiger partial charge in [-0.1, -0.05) is 36.4 Å². The van der Waals surface area contributed by atoms with Crippen LogP contribution in [-0.4, -0.2) is 32.4 Å². The molecule has 0 saturated carbocycles. The molecule has 0 spiro atoms. The molecule has 0 aliphatic carbocycles. The first kappa shape index (κ1) is 17.9. The standard InChI is InChI=1S/C19H24N2O3S/c1-14(2)20-25(22,23)21-13-12-15-6-4-5-7-18(15)19(21)16-8-10-17(24-3)11-9-16/h4-11,14,19-20H,12-13H2,1-3H3. The van der Waals surface area contributed by atoms with Gasteiger partial charge in [0, 0.05) is 12.6 Å². The number of hydrogen-bond donors (Lipinski definition) is 1. The fraction of sp³-hybridized carbons (Fsp3) is 0.368. The summed E-state index contributed by atoms with van der Waals surface area (Å²) < 4.78 is 35.3. The molecule has 1 aliphatic heterocycles. The van der Waals surface area contributed by atoms with E-state index in [2.05, 4.69) is 10.8 Å². The summed E-state index contributed by atoms with van der Waals surface area (Å²) in [6.45, 7) is 4.12. The minimum Gasteiger partial charge on any atom is -0.497 e. The third-order valence-electron chi connectivity index (χ3n) is 4.36. The van der Waals surface area contributed by atoms with E-state index in [1.807, 2.05) is 56.3 Å². The van der Waals surface area contributed by atoms with E-state index >= 15 is 0 Å². The van der Waals surface area contributed by atoms with E-state index in [9.17, 15) is 8.42 Å². The monoisotopic (exact) mass is 360 g/mol. The molecule has 25 heavy (non-hydrogen) atoms. The van der Waals surface area contributed by atoms with Gasteiger partial charge >= 0.3 is 0 Å². The van der Waals surface area contributed by atoms with Gasteiger partial charge in [-0.25, -0.2) is 0 Å². The number of methoxy groups -OCH3 is 1. The van der Waals surface area contributed by atoms with Crippen LogP contribution in [0, 0.1) is 0 Å². The lowest BCUT2D eigenvalue weighted by Gasteiger charge is -2.37. The van der Waals surface area contributed by atoms with Crippen molar-refractivity contribution in [3.05, 3.63) is 65.2 Å². The summed E-state index contributed by atoms with van der Waals surface area (Å²) in [5, 5.41) is 0. The van der Waals surface area contributed by atoms with Gasteiger partial charge in [0.25, 0.3) is 10.2 Å². The molecular weight excluding hydrogens is 336 g/mol. The molecule has 5 nitrogen and oxygen atoms in total. The Morgan fingerprint density at radius 2 is 1.80 bits per heavy atom. The molecule has 0 saturated heterocycles. The number of benzene rings is 2. The predicted octanol–water partition coefficient (Wildman–Crippen LogP) is 2.89. The van der Waals surface area contributed by atoms with Gasteiger partial charge in [0.15, 0.2) is 0 Å². The van der Waals surface area contributed by atoms with Crippen LogP contribution in [0.25, 0.3) is 0 Å². The van der Waals surface area contributed by atoms with Crippen molar-refractivity contribution in [2.45, 2.75) is 32.4 Å². The molecule has 1 N–H and O–H groups in total. The van der Waals surface area contributed by atoms with Gasteiger partial charge in [0.2, 0.25) is 0 Å². The zero-order valence-electron chi connectivity index (χ0n) is 14.8. The van der Waals surface area contributed by atoms with Gasteiger partial charge in [-0.2, -0.15) is 17.4 Å². The number of nitrogens with zero attached hydrogens (tertiary/aromatic N) is 1. The number of fused-ring (bicyclic) bond motifs is 1. The third kappa shape index (κ3) is 3.71. The summed E-state index contributed by atoms with van der Waals surface area (Å²) in [5.74, 6) is 0.752. The summed E-state index contributed by atoms with van der Waals surface area (Å²) in [6.07, 6.45) is 0.710. The maximum atomic E-state index is 12.9. The maximum absolute atomic E-state index is 12.9. The highest BCUT2D eigenvalue weighted by molar-refractivity contribution is 7.87. The van der Waals surface area contributed by atoms with Crippen molar-refractivity contribution >= 4 is 10.2 Å². The normalized spacial score (nSPS) is 18.2. The Kier molecular flexibility index (Phi) is 5.13. The molecule has 0 aromatic heterocycles. The predicted molar refractivity (Wildman–Crippen MR) is 98.9 cm³/mol. The molecule has 0 fully saturated rings. The number of ether oxygens (including phenoxy) is 1. The summed E-state index contributed by atoms with van der Waals surface area (Å²) in [5.41, 5.74) is 3.16. The van der Waals surface area contributed by atoms with Crippen LogP contribution in [0.5, 0.6) is 5.75 Å². The quantitative estimate of drug-likeness (QED) is 0.892. The smallest absolute Gasteiger partial charge is 0.280 e. The molecule has 0 amide bonds. The number of hydrogen-bond acceptors (Lipinski definition) is 3. The van der Waals surface area contributed by atoms with E-state index in [-0.39, 0.29) is 12.1 Å². The molecule has 0 radical (unpaired) electrons. The van der Waals surface area contributed by atoms with Crippen molar-refractivity contribution in [2.75, 3.05) is 13.7 Å². The Bertz CT molecular complexity index is 832. The van der Waals surface area contributed by atoms with Crippen molar-refractivity contribution in [1.29, 1.82) is 0 Å². The highest BCUT2D eigenvalue weighted by Gasteiger charge is 2.36.